The van der Waals surface area contributed by atoms with Gasteiger partial charge in [0.2, 0.25) is 0 Å². The quantitative estimate of drug-likeness (QED) is 0.854. The van der Waals surface area contributed by atoms with Gasteiger partial charge in [0.1, 0.15) is 11.6 Å². The molecule has 0 aliphatic heterocycles. The number of halogens is 2. The highest BCUT2D eigenvalue weighted by atomic mass is 19.1. The summed E-state index contributed by atoms with van der Waals surface area (Å²) < 4.78 is 31.0. The standard InChI is InChI=1S/C18H17F2NO3/c1-11-3-5-13(6-4-11)12(2)21-17(22)10-24-18(23)15-8-7-14(19)9-16(15)20/h3-9,12H,10H2,1-2H3,(H,21,22)/t12-/m0/s1. The predicted octanol–water partition coefficient (Wildman–Crippen LogP) is 3.31. The van der Waals surface area contributed by atoms with Gasteiger partial charge in [-0.05, 0) is 31.5 Å². The minimum absolute atomic E-state index is 0.264. The molecule has 0 aliphatic carbocycles. The highest BCUT2D eigenvalue weighted by Gasteiger charge is 2.16. The van der Waals surface area contributed by atoms with Crippen LogP contribution in [0.5, 0.6) is 0 Å². The van der Waals surface area contributed by atoms with Gasteiger partial charge in [-0.1, -0.05) is 29.8 Å². The number of esters is 1. The van der Waals surface area contributed by atoms with Gasteiger partial charge in [-0.25, -0.2) is 13.6 Å². The molecule has 0 saturated heterocycles. The minimum atomic E-state index is -1.03. The molecule has 4 nitrogen and oxygen atoms in total. The summed E-state index contributed by atoms with van der Waals surface area (Å²) in [6, 6.07) is 9.86. The SMILES string of the molecule is Cc1ccc([C@H](C)NC(=O)COC(=O)c2ccc(F)cc2F)cc1. The number of amides is 1. The normalized spacial score (nSPS) is 11.7. The second-order valence-electron chi connectivity index (χ2n) is 5.40. The molecule has 1 N–H and O–H groups in total. The third kappa shape index (κ3) is 4.62. The summed E-state index contributed by atoms with van der Waals surface area (Å²) in [5.41, 5.74) is 1.59. The number of rotatable bonds is 5. The van der Waals surface area contributed by atoms with Crippen molar-refractivity contribution in [3.63, 3.8) is 0 Å². The van der Waals surface area contributed by atoms with Crippen molar-refractivity contribution < 1.29 is 23.1 Å². The molecule has 126 valence electrons. The van der Waals surface area contributed by atoms with Gasteiger partial charge < -0.3 is 10.1 Å². The molecule has 0 bridgehead atoms. The van der Waals surface area contributed by atoms with Crippen LogP contribution in [-0.2, 0) is 9.53 Å². The van der Waals surface area contributed by atoms with Crippen LogP contribution >= 0.6 is 0 Å². The van der Waals surface area contributed by atoms with E-state index < -0.39 is 35.7 Å². The Morgan fingerprint density at radius 1 is 1.12 bits per heavy atom. The molecule has 0 radical (unpaired) electrons. The molecule has 6 heteroatoms. The molecule has 0 unspecified atom stereocenters. The van der Waals surface area contributed by atoms with Gasteiger partial charge in [-0.15, -0.1) is 0 Å². The van der Waals surface area contributed by atoms with Gasteiger partial charge in [0, 0.05) is 6.07 Å². The van der Waals surface area contributed by atoms with Crippen molar-refractivity contribution >= 4 is 11.9 Å². The van der Waals surface area contributed by atoms with Crippen LogP contribution in [0, 0.1) is 18.6 Å². The second kappa shape index (κ2) is 7.68. The van der Waals surface area contributed by atoms with Crippen molar-refractivity contribution in [2.45, 2.75) is 19.9 Å². The van der Waals surface area contributed by atoms with Crippen LogP contribution in [0.15, 0.2) is 42.5 Å². The fourth-order valence-corrected chi connectivity index (χ4v) is 2.09. The van der Waals surface area contributed by atoms with Crippen LogP contribution in [0.1, 0.15) is 34.5 Å². The van der Waals surface area contributed by atoms with Crippen LogP contribution in [0.4, 0.5) is 8.78 Å². The Kier molecular flexibility index (Phi) is 5.63. The summed E-state index contributed by atoms with van der Waals surface area (Å²) >= 11 is 0. The zero-order chi connectivity index (χ0) is 17.7. The van der Waals surface area contributed by atoms with E-state index in [0.29, 0.717) is 6.07 Å². The number of benzene rings is 2. The molecule has 1 atom stereocenters. The van der Waals surface area contributed by atoms with E-state index in [9.17, 15) is 18.4 Å². The van der Waals surface area contributed by atoms with Crippen molar-refractivity contribution in [2.24, 2.45) is 0 Å². The molecule has 2 aromatic rings. The molecule has 1 amide bonds. The van der Waals surface area contributed by atoms with Crippen molar-refractivity contribution in [3.8, 4) is 0 Å². The first-order valence-corrected chi connectivity index (χ1v) is 7.35. The molecule has 0 aliphatic rings. The first kappa shape index (κ1) is 17.6. The Hall–Kier alpha value is -2.76. The van der Waals surface area contributed by atoms with Crippen LogP contribution < -0.4 is 5.32 Å². The summed E-state index contributed by atoms with van der Waals surface area (Å²) in [5, 5.41) is 2.68. The zero-order valence-electron chi connectivity index (χ0n) is 13.3. The van der Waals surface area contributed by atoms with E-state index in [0.717, 1.165) is 23.3 Å². The van der Waals surface area contributed by atoms with Crippen LogP contribution in [-0.4, -0.2) is 18.5 Å². The molecule has 0 aromatic heterocycles. The Bertz CT molecular complexity index is 744. The predicted molar refractivity (Wildman–Crippen MR) is 84.4 cm³/mol. The van der Waals surface area contributed by atoms with Crippen molar-refractivity contribution in [3.05, 3.63) is 70.8 Å². The molecule has 0 fully saturated rings. The lowest BCUT2D eigenvalue weighted by molar-refractivity contribution is -0.124. The minimum Gasteiger partial charge on any atom is -0.452 e. The number of carbonyl (C=O) groups is 2. The molecule has 2 aromatic carbocycles. The average Bonchev–Trinajstić information content (AvgIpc) is 2.53. The van der Waals surface area contributed by atoms with Gasteiger partial charge in [0.05, 0.1) is 11.6 Å². The number of aryl methyl sites for hydroxylation is 1. The fraction of sp³-hybridized carbons (Fsp3) is 0.222. The molecular weight excluding hydrogens is 316 g/mol. The number of nitrogens with one attached hydrogen (secondary N) is 1. The Morgan fingerprint density at radius 2 is 1.79 bits per heavy atom. The summed E-state index contributed by atoms with van der Waals surface area (Å²) in [7, 11) is 0. The topological polar surface area (TPSA) is 55.4 Å². The van der Waals surface area contributed by atoms with Crippen LogP contribution in [0.2, 0.25) is 0 Å². The molecule has 2 rings (SSSR count). The Morgan fingerprint density at radius 3 is 2.42 bits per heavy atom. The molecule has 24 heavy (non-hydrogen) atoms. The summed E-state index contributed by atoms with van der Waals surface area (Å²) in [6.45, 7) is 3.21. The van der Waals surface area contributed by atoms with E-state index in [1.54, 1.807) is 6.92 Å². The van der Waals surface area contributed by atoms with E-state index in [2.05, 4.69) is 5.32 Å². The number of hydrogen-bond donors (Lipinski definition) is 1. The third-order valence-electron chi connectivity index (χ3n) is 3.44. The van der Waals surface area contributed by atoms with E-state index in [4.69, 9.17) is 4.74 Å². The zero-order valence-corrected chi connectivity index (χ0v) is 13.3. The number of hydrogen-bond acceptors (Lipinski definition) is 3. The summed E-state index contributed by atoms with van der Waals surface area (Å²) in [5.74, 6) is -3.37. The van der Waals surface area contributed by atoms with Gasteiger partial charge in [-0.2, -0.15) is 0 Å². The smallest absolute Gasteiger partial charge is 0.341 e. The van der Waals surface area contributed by atoms with E-state index in [1.165, 1.54) is 0 Å². The summed E-state index contributed by atoms with van der Waals surface area (Å²) in [6.07, 6.45) is 0. The van der Waals surface area contributed by atoms with Gasteiger partial charge in [-0.3, -0.25) is 4.79 Å². The molecule has 0 spiro atoms. The highest BCUT2D eigenvalue weighted by molar-refractivity contribution is 5.91. The van der Waals surface area contributed by atoms with Crippen molar-refractivity contribution in [1.82, 2.24) is 5.32 Å². The van der Waals surface area contributed by atoms with Crippen molar-refractivity contribution in [2.75, 3.05) is 6.61 Å². The highest BCUT2D eigenvalue weighted by Crippen LogP contribution is 2.13. The lowest BCUT2D eigenvalue weighted by Crippen LogP contribution is -2.31. The number of ether oxygens (including phenoxy) is 1. The fourth-order valence-electron chi connectivity index (χ4n) is 2.09. The summed E-state index contributed by atoms with van der Waals surface area (Å²) in [4.78, 5) is 23.5. The Labute approximate surface area is 138 Å². The molecular formula is C18H17F2NO3. The van der Waals surface area contributed by atoms with E-state index in [-0.39, 0.29) is 6.04 Å². The van der Waals surface area contributed by atoms with Gasteiger partial charge in [0.15, 0.2) is 6.61 Å². The first-order valence-electron chi connectivity index (χ1n) is 7.35. The lowest BCUT2D eigenvalue weighted by Gasteiger charge is -2.14. The van der Waals surface area contributed by atoms with Crippen molar-refractivity contribution in [1.29, 1.82) is 0 Å². The van der Waals surface area contributed by atoms with E-state index in [1.807, 2.05) is 31.2 Å². The number of carbonyl (C=O) groups excluding carboxylic acids is 2. The lowest BCUT2D eigenvalue weighted by atomic mass is 10.1. The first-order chi connectivity index (χ1) is 11.4. The monoisotopic (exact) mass is 333 g/mol. The molecule has 0 saturated carbocycles. The Balaban J connectivity index is 1.88. The maximum Gasteiger partial charge on any atom is 0.341 e. The molecule has 0 heterocycles. The van der Waals surface area contributed by atoms with Gasteiger partial charge >= 0.3 is 5.97 Å². The van der Waals surface area contributed by atoms with Crippen LogP contribution in [0.25, 0.3) is 0 Å². The maximum atomic E-state index is 13.4. The second-order valence-corrected chi connectivity index (χ2v) is 5.40. The largest absolute Gasteiger partial charge is 0.452 e. The van der Waals surface area contributed by atoms with Crippen LogP contribution in [0.3, 0.4) is 0 Å². The van der Waals surface area contributed by atoms with E-state index >= 15 is 0 Å². The maximum absolute atomic E-state index is 13.4. The van der Waals surface area contributed by atoms with Gasteiger partial charge in [0.25, 0.3) is 5.91 Å². The average molecular weight is 333 g/mol. The third-order valence-corrected chi connectivity index (χ3v) is 3.44.